The number of benzene rings is 3. The molecule has 0 fully saturated rings. The van der Waals surface area contributed by atoms with E-state index in [1.54, 1.807) is 26.4 Å². The van der Waals surface area contributed by atoms with Crippen molar-refractivity contribution in [3.05, 3.63) is 83.4 Å². The van der Waals surface area contributed by atoms with Gasteiger partial charge in [-0.2, -0.15) is 0 Å². The van der Waals surface area contributed by atoms with Crippen LogP contribution in [0.25, 0.3) is 0 Å². The second-order valence-corrected chi connectivity index (χ2v) is 6.71. The predicted molar refractivity (Wildman–Crippen MR) is 116 cm³/mol. The monoisotopic (exact) mass is 407 g/mol. The lowest BCUT2D eigenvalue weighted by Gasteiger charge is -2.27. The average molecular weight is 407 g/mol. The number of aromatic carboxylic acids is 1. The van der Waals surface area contributed by atoms with E-state index in [4.69, 9.17) is 14.2 Å². The van der Waals surface area contributed by atoms with Gasteiger partial charge in [0.05, 0.1) is 21.3 Å². The Labute approximate surface area is 176 Å². The largest absolute Gasteiger partial charge is 0.497 e. The summed E-state index contributed by atoms with van der Waals surface area (Å²) in [5.74, 6) is 0.754. The highest BCUT2D eigenvalue weighted by Crippen LogP contribution is 2.31. The van der Waals surface area contributed by atoms with Crippen molar-refractivity contribution < 1.29 is 24.1 Å². The van der Waals surface area contributed by atoms with Crippen LogP contribution in [-0.2, 0) is 13.1 Å². The lowest BCUT2D eigenvalue weighted by Crippen LogP contribution is -2.23. The molecule has 0 heterocycles. The number of carboxylic acid groups (broad SMARTS) is 1. The Morgan fingerprint density at radius 1 is 0.833 bits per heavy atom. The molecule has 0 radical (unpaired) electrons. The van der Waals surface area contributed by atoms with Crippen molar-refractivity contribution in [3.8, 4) is 17.2 Å². The molecular weight excluding hydrogens is 382 g/mol. The zero-order valence-electron chi connectivity index (χ0n) is 17.3. The number of methoxy groups -OCH3 is 3. The lowest BCUT2D eigenvalue weighted by molar-refractivity contribution is 0.0693. The van der Waals surface area contributed by atoms with Gasteiger partial charge in [0.15, 0.2) is 0 Å². The third kappa shape index (κ3) is 4.84. The Bertz CT molecular complexity index is 1000. The second-order valence-electron chi connectivity index (χ2n) is 6.71. The molecule has 1 N–H and O–H groups in total. The molecular formula is C24H25NO5. The Morgan fingerprint density at radius 2 is 1.53 bits per heavy atom. The van der Waals surface area contributed by atoms with Crippen LogP contribution >= 0.6 is 0 Å². The number of hydrogen-bond acceptors (Lipinski definition) is 5. The third-order valence-corrected chi connectivity index (χ3v) is 4.84. The van der Waals surface area contributed by atoms with E-state index in [9.17, 15) is 9.90 Å². The van der Waals surface area contributed by atoms with Crippen molar-refractivity contribution in [1.82, 2.24) is 0 Å². The van der Waals surface area contributed by atoms with E-state index >= 15 is 0 Å². The van der Waals surface area contributed by atoms with E-state index < -0.39 is 5.97 Å². The van der Waals surface area contributed by atoms with Crippen LogP contribution in [0.4, 0.5) is 5.69 Å². The van der Waals surface area contributed by atoms with Crippen LogP contribution in [0.3, 0.4) is 0 Å². The summed E-state index contributed by atoms with van der Waals surface area (Å²) in [5, 5.41) is 9.60. The molecule has 0 spiro atoms. The molecule has 0 aliphatic rings. The summed E-state index contributed by atoms with van der Waals surface area (Å²) in [4.78, 5) is 13.8. The maximum absolute atomic E-state index is 11.7. The SMILES string of the molecule is COc1ccc(OC)c(CN(Cc2ccccc2)c2ccc(OC)c(C(=O)O)c2)c1. The maximum atomic E-state index is 11.7. The van der Waals surface area contributed by atoms with Crippen molar-refractivity contribution in [1.29, 1.82) is 0 Å². The molecule has 6 nitrogen and oxygen atoms in total. The van der Waals surface area contributed by atoms with Gasteiger partial charge in [0, 0.05) is 24.3 Å². The van der Waals surface area contributed by atoms with Crippen molar-refractivity contribution in [2.75, 3.05) is 26.2 Å². The van der Waals surface area contributed by atoms with Crippen LogP contribution in [0.15, 0.2) is 66.7 Å². The average Bonchev–Trinajstić information content (AvgIpc) is 2.78. The van der Waals surface area contributed by atoms with Crippen LogP contribution in [-0.4, -0.2) is 32.4 Å². The zero-order valence-corrected chi connectivity index (χ0v) is 17.3. The Kier molecular flexibility index (Phi) is 6.80. The number of anilines is 1. The first-order valence-corrected chi connectivity index (χ1v) is 9.46. The Morgan fingerprint density at radius 3 is 2.17 bits per heavy atom. The first-order valence-electron chi connectivity index (χ1n) is 9.46. The van der Waals surface area contributed by atoms with Gasteiger partial charge in [0.2, 0.25) is 0 Å². The standard InChI is InChI=1S/C24H25NO5/c1-28-20-10-12-22(29-2)18(13-20)16-25(15-17-7-5-4-6-8-17)19-9-11-23(30-3)21(14-19)24(26)27/h4-14H,15-16H2,1-3H3,(H,26,27). The quantitative estimate of drug-likeness (QED) is 0.558. The summed E-state index contributed by atoms with van der Waals surface area (Å²) in [6, 6.07) is 20.8. The highest BCUT2D eigenvalue weighted by molar-refractivity contribution is 5.92. The number of carboxylic acids is 1. The molecule has 0 saturated heterocycles. The molecule has 156 valence electrons. The summed E-state index contributed by atoms with van der Waals surface area (Å²) in [7, 11) is 4.71. The molecule has 0 saturated carbocycles. The van der Waals surface area contributed by atoms with E-state index in [0.29, 0.717) is 18.8 Å². The molecule has 0 aliphatic heterocycles. The molecule has 0 aromatic heterocycles. The van der Waals surface area contributed by atoms with Gasteiger partial charge in [-0.1, -0.05) is 30.3 Å². The van der Waals surface area contributed by atoms with E-state index in [-0.39, 0.29) is 5.56 Å². The molecule has 30 heavy (non-hydrogen) atoms. The minimum atomic E-state index is -1.03. The lowest BCUT2D eigenvalue weighted by atomic mass is 10.1. The maximum Gasteiger partial charge on any atom is 0.339 e. The van der Waals surface area contributed by atoms with Crippen molar-refractivity contribution in [2.45, 2.75) is 13.1 Å². The zero-order chi connectivity index (χ0) is 21.5. The first-order chi connectivity index (χ1) is 14.5. The fraction of sp³-hybridized carbons (Fsp3) is 0.208. The van der Waals surface area contributed by atoms with Crippen LogP contribution < -0.4 is 19.1 Å². The van der Waals surface area contributed by atoms with Gasteiger partial charge in [0.25, 0.3) is 0 Å². The Balaban J connectivity index is 2.04. The minimum Gasteiger partial charge on any atom is -0.497 e. The number of ether oxygens (including phenoxy) is 3. The van der Waals surface area contributed by atoms with Crippen molar-refractivity contribution in [3.63, 3.8) is 0 Å². The predicted octanol–water partition coefficient (Wildman–Crippen LogP) is 4.62. The van der Waals surface area contributed by atoms with Crippen LogP contribution in [0.1, 0.15) is 21.5 Å². The van der Waals surface area contributed by atoms with Crippen molar-refractivity contribution in [2.24, 2.45) is 0 Å². The van der Waals surface area contributed by atoms with Gasteiger partial charge in [-0.3, -0.25) is 0 Å². The smallest absolute Gasteiger partial charge is 0.339 e. The van der Waals surface area contributed by atoms with Crippen LogP contribution in [0, 0.1) is 0 Å². The molecule has 0 bridgehead atoms. The summed E-state index contributed by atoms with van der Waals surface area (Å²) < 4.78 is 16.1. The summed E-state index contributed by atoms with van der Waals surface area (Å²) in [6.07, 6.45) is 0. The fourth-order valence-electron chi connectivity index (χ4n) is 3.31. The third-order valence-electron chi connectivity index (χ3n) is 4.84. The molecule has 0 aliphatic carbocycles. The Hall–Kier alpha value is -3.67. The molecule has 0 atom stereocenters. The number of carbonyl (C=O) groups is 1. The van der Waals surface area contributed by atoms with Gasteiger partial charge in [-0.25, -0.2) is 4.79 Å². The van der Waals surface area contributed by atoms with Gasteiger partial charge in [-0.15, -0.1) is 0 Å². The molecule has 3 aromatic rings. The summed E-state index contributed by atoms with van der Waals surface area (Å²) in [6.45, 7) is 1.09. The normalized spacial score (nSPS) is 10.4. The summed E-state index contributed by atoms with van der Waals surface area (Å²) >= 11 is 0. The highest BCUT2D eigenvalue weighted by Gasteiger charge is 2.17. The number of hydrogen-bond donors (Lipinski definition) is 1. The molecule has 0 amide bonds. The number of rotatable bonds is 9. The molecule has 0 unspecified atom stereocenters. The van der Waals surface area contributed by atoms with Gasteiger partial charge < -0.3 is 24.2 Å². The van der Waals surface area contributed by atoms with E-state index in [2.05, 4.69) is 4.90 Å². The topological polar surface area (TPSA) is 68.2 Å². The minimum absolute atomic E-state index is 0.116. The van der Waals surface area contributed by atoms with Crippen LogP contribution in [0.2, 0.25) is 0 Å². The second kappa shape index (κ2) is 9.69. The van der Waals surface area contributed by atoms with Gasteiger partial charge in [-0.05, 0) is 42.0 Å². The number of nitrogens with zero attached hydrogens (tertiary/aromatic N) is 1. The van der Waals surface area contributed by atoms with Crippen LogP contribution in [0.5, 0.6) is 17.2 Å². The fourth-order valence-corrected chi connectivity index (χ4v) is 3.31. The molecule has 3 rings (SSSR count). The van der Waals surface area contributed by atoms with Gasteiger partial charge >= 0.3 is 5.97 Å². The molecule has 6 heteroatoms. The van der Waals surface area contributed by atoms with Gasteiger partial charge in [0.1, 0.15) is 22.8 Å². The van der Waals surface area contributed by atoms with E-state index in [0.717, 1.165) is 28.3 Å². The highest BCUT2D eigenvalue weighted by atomic mass is 16.5. The van der Waals surface area contributed by atoms with E-state index in [1.807, 2.05) is 54.6 Å². The molecule has 3 aromatic carbocycles. The van der Waals surface area contributed by atoms with Crippen molar-refractivity contribution >= 4 is 11.7 Å². The van der Waals surface area contributed by atoms with E-state index in [1.165, 1.54) is 7.11 Å². The summed E-state index contributed by atoms with van der Waals surface area (Å²) in [5.41, 5.74) is 2.92. The first kappa shape index (κ1) is 21.0.